The molecule has 3 nitrogen and oxygen atoms in total. The minimum absolute atomic E-state index is 0.0596. The van der Waals surface area contributed by atoms with Crippen LogP contribution >= 0.6 is 0 Å². The Balaban J connectivity index is 1.82. The Labute approximate surface area is 138 Å². The number of carbonyl (C=O) groups excluding carboxylic acids is 1. The third-order valence-electron chi connectivity index (χ3n) is 4.82. The van der Waals surface area contributed by atoms with E-state index in [1.54, 1.807) is 0 Å². The van der Waals surface area contributed by atoms with Crippen LogP contribution in [0, 0.1) is 5.41 Å². The molecular weight excluding hydrogens is 284 g/mol. The number of nitrogens with zero attached hydrogens (tertiary/aromatic N) is 1. The van der Waals surface area contributed by atoms with Gasteiger partial charge < -0.3 is 10.6 Å². The lowest BCUT2D eigenvalue weighted by Crippen LogP contribution is -2.34. The normalized spacial score (nSPS) is 20.7. The number of hydrogen-bond acceptors (Lipinski definition) is 2. The highest BCUT2D eigenvalue weighted by atomic mass is 16.2. The fraction of sp³-hybridized carbons (Fsp3) is 0.350. The molecule has 0 spiro atoms. The van der Waals surface area contributed by atoms with Crippen LogP contribution in [0.4, 0.5) is 0 Å². The van der Waals surface area contributed by atoms with E-state index in [0.29, 0.717) is 6.54 Å². The molecule has 2 N–H and O–H groups in total. The molecule has 3 rings (SSSR count). The molecule has 1 atom stereocenters. The van der Waals surface area contributed by atoms with Crippen molar-refractivity contribution in [3.63, 3.8) is 0 Å². The van der Waals surface area contributed by atoms with Crippen LogP contribution in [0.25, 0.3) is 0 Å². The first-order valence-electron chi connectivity index (χ1n) is 8.22. The van der Waals surface area contributed by atoms with E-state index in [1.807, 2.05) is 41.3 Å². The van der Waals surface area contributed by atoms with E-state index >= 15 is 0 Å². The molecule has 3 heteroatoms. The SMILES string of the molecule is CC1(CN)CCN(C(=O)c2ccccc2Cc2ccccc2)C1. The highest BCUT2D eigenvalue weighted by Gasteiger charge is 2.35. The van der Waals surface area contributed by atoms with Crippen molar-refractivity contribution >= 4 is 5.91 Å². The maximum absolute atomic E-state index is 12.9. The van der Waals surface area contributed by atoms with Crippen LogP contribution in [0.5, 0.6) is 0 Å². The second-order valence-corrected chi connectivity index (χ2v) is 6.81. The lowest BCUT2D eigenvalue weighted by molar-refractivity contribution is 0.0776. The molecule has 1 fully saturated rings. The highest BCUT2D eigenvalue weighted by molar-refractivity contribution is 5.96. The van der Waals surface area contributed by atoms with Gasteiger partial charge >= 0.3 is 0 Å². The van der Waals surface area contributed by atoms with Crippen LogP contribution in [0.1, 0.15) is 34.8 Å². The van der Waals surface area contributed by atoms with Crippen LogP contribution < -0.4 is 5.73 Å². The molecule has 1 aliphatic heterocycles. The molecule has 0 saturated carbocycles. The summed E-state index contributed by atoms with van der Waals surface area (Å²) in [5.74, 6) is 0.133. The smallest absolute Gasteiger partial charge is 0.254 e. The first-order valence-corrected chi connectivity index (χ1v) is 8.22. The maximum Gasteiger partial charge on any atom is 0.254 e. The van der Waals surface area contributed by atoms with Crippen molar-refractivity contribution in [1.29, 1.82) is 0 Å². The monoisotopic (exact) mass is 308 g/mol. The molecule has 0 aromatic heterocycles. The molecule has 1 heterocycles. The quantitative estimate of drug-likeness (QED) is 0.943. The van der Waals surface area contributed by atoms with Gasteiger partial charge in [-0.1, -0.05) is 55.5 Å². The topological polar surface area (TPSA) is 46.3 Å². The standard InChI is InChI=1S/C20H24N2O/c1-20(14-21)11-12-22(15-20)19(23)18-10-6-5-9-17(18)13-16-7-3-2-4-8-16/h2-10H,11-15,21H2,1H3. The first kappa shape index (κ1) is 15.8. The van der Waals surface area contributed by atoms with E-state index in [9.17, 15) is 4.79 Å². The Morgan fingerprint density at radius 3 is 2.52 bits per heavy atom. The van der Waals surface area contributed by atoms with E-state index in [0.717, 1.165) is 37.1 Å². The lowest BCUT2D eigenvalue weighted by atomic mass is 9.90. The molecular formula is C20H24N2O. The zero-order valence-electron chi connectivity index (χ0n) is 13.7. The number of amides is 1. The van der Waals surface area contributed by atoms with Crippen molar-refractivity contribution in [3.8, 4) is 0 Å². The molecule has 120 valence electrons. The minimum atomic E-state index is 0.0596. The van der Waals surface area contributed by atoms with Crippen molar-refractivity contribution in [2.75, 3.05) is 19.6 Å². The van der Waals surface area contributed by atoms with Crippen molar-refractivity contribution < 1.29 is 4.79 Å². The third kappa shape index (κ3) is 3.45. The van der Waals surface area contributed by atoms with Crippen molar-refractivity contribution in [2.24, 2.45) is 11.1 Å². The molecule has 23 heavy (non-hydrogen) atoms. The second kappa shape index (κ2) is 6.55. The number of rotatable bonds is 4. The van der Waals surface area contributed by atoms with Gasteiger partial charge in [0.15, 0.2) is 0 Å². The Morgan fingerprint density at radius 1 is 1.13 bits per heavy atom. The van der Waals surface area contributed by atoms with E-state index in [2.05, 4.69) is 25.1 Å². The van der Waals surface area contributed by atoms with Gasteiger partial charge in [0.25, 0.3) is 5.91 Å². The predicted octanol–water partition coefficient (Wildman–Crippen LogP) is 3.09. The van der Waals surface area contributed by atoms with E-state index in [-0.39, 0.29) is 11.3 Å². The summed E-state index contributed by atoms with van der Waals surface area (Å²) in [5.41, 5.74) is 9.05. The zero-order valence-corrected chi connectivity index (χ0v) is 13.7. The molecule has 1 saturated heterocycles. The molecule has 1 amide bonds. The van der Waals surface area contributed by atoms with E-state index < -0.39 is 0 Å². The summed E-state index contributed by atoms with van der Waals surface area (Å²) in [6.45, 7) is 4.34. The van der Waals surface area contributed by atoms with Gasteiger partial charge in [-0.2, -0.15) is 0 Å². The summed E-state index contributed by atoms with van der Waals surface area (Å²) in [4.78, 5) is 14.9. The lowest BCUT2D eigenvalue weighted by Gasteiger charge is -2.23. The highest BCUT2D eigenvalue weighted by Crippen LogP contribution is 2.30. The van der Waals surface area contributed by atoms with Gasteiger partial charge in [0.05, 0.1) is 0 Å². The predicted molar refractivity (Wildman–Crippen MR) is 93.4 cm³/mol. The van der Waals surface area contributed by atoms with Crippen LogP contribution in [0.2, 0.25) is 0 Å². The van der Waals surface area contributed by atoms with Gasteiger partial charge in [-0.05, 0) is 42.0 Å². The van der Waals surface area contributed by atoms with Crippen LogP contribution in [-0.4, -0.2) is 30.4 Å². The molecule has 0 radical (unpaired) electrons. The number of hydrogen-bond donors (Lipinski definition) is 1. The summed E-state index contributed by atoms with van der Waals surface area (Å²) in [6.07, 6.45) is 1.76. The third-order valence-corrected chi connectivity index (χ3v) is 4.82. The summed E-state index contributed by atoms with van der Waals surface area (Å²) in [7, 11) is 0. The van der Waals surface area contributed by atoms with Gasteiger partial charge in [0.1, 0.15) is 0 Å². The fourth-order valence-electron chi connectivity index (χ4n) is 3.23. The number of likely N-dealkylation sites (tertiary alicyclic amines) is 1. The van der Waals surface area contributed by atoms with Gasteiger partial charge in [0, 0.05) is 18.7 Å². The Hall–Kier alpha value is -2.13. The fourth-order valence-corrected chi connectivity index (χ4v) is 3.23. The molecule has 1 aliphatic rings. The number of benzene rings is 2. The molecule has 0 bridgehead atoms. The average molecular weight is 308 g/mol. The maximum atomic E-state index is 12.9. The zero-order chi connectivity index (χ0) is 16.3. The second-order valence-electron chi connectivity index (χ2n) is 6.81. The number of carbonyl (C=O) groups is 1. The number of nitrogens with two attached hydrogens (primary N) is 1. The Morgan fingerprint density at radius 2 is 1.83 bits per heavy atom. The average Bonchev–Trinajstić information content (AvgIpc) is 2.99. The summed E-state index contributed by atoms with van der Waals surface area (Å²) in [6, 6.07) is 18.2. The van der Waals surface area contributed by atoms with Crippen molar-refractivity contribution in [2.45, 2.75) is 19.8 Å². The van der Waals surface area contributed by atoms with E-state index in [4.69, 9.17) is 5.73 Å². The largest absolute Gasteiger partial charge is 0.338 e. The van der Waals surface area contributed by atoms with Gasteiger partial charge in [-0.15, -0.1) is 0 Å². The van der Waals surface area contributed by atoms with Crippen LogP contribution in [0.15, 0.2) is 54.6 Å². The van der Waals surface area contributed by atoms with Crippen LogP contribution in [0.3, 0.4) is 0 Å². The molecule has 2 aromatic rings. The van der Waals surface area contributed by atoms with E-state index in [1.165, 1.54) is 5.56 Å². The molecule has 1 unspecified atom stereocenters. The van der Waals surface area contributed by atoms with Gasteiger partial charge in [0.2, 0.25) is 0 Å². The van der Waals surface area contributed by atoms with Crippen LogP contribution in [-0.2, 0) is 6.42 Å². The van der Waals surface area contributed by atoms with Gasteiger partial charge in [-0.3, -0.25) is 4.79 Å². The summed E-state index contributed by atoms with van der Waals surface area (Å²) < 4.78 is 0. The first-order chi connectivity index (χ1) is 11.1. The van der Waals surface area contributed by atoms with Crippen molar-refractivity contribution in [3.05, 3.63) is 71.3 Å². The molecule has 0 aliphatic carbocycles. The molecule has 2 aromatic carbocycles. The summed E-state index contributed by atoms with van der Waals surface area (Å²) >= 11 is 0. The Kier molecular flexibility index (Phi) is 4.49. The van der Waals surface area contributed by atoms with Gasteiger partial charge in [-0.25, -0.2) is 0 Å². The van der Waals surface area contributed by atoms with Crippen molar-refractivity contribution in [1.82, 2.24) is 4.90 Å². The minimum Gasteiger partial charge on any atom is -0.338 e. The Bertz CT molecular complexity index is 683. The summed E-state index contributed by atoms with van der Waals surface area (Å²) in [5, 5.41) is 0.